The van der Waals surface area contributed by atoms with Crippen molar-refractivity contribution in [3.63, 3.8) is 0 Å². The van der Waals surface area contributed by atoms with Gasteiger partial charge in [-0.2, -0.15) is 0 Å². The van der Waals surface area contributed by atoms with Gasteiger partial charge in [0.05, 0.1) is 12.2 Å². The average Bonchev–Trinajstić information content (AvgIpc) is 2.59. The highest BCUT2D eigenvalue weighted by atomic mass is 16.5. The van der Waals surface area contributed by atoms with Gasteiger partial charge in [0.2, 0.25) is 0 Å². The van der Waals surface area contributed by atoms with Crippen molar-refractivity contribution in [1.29, 1.82) is 0 Å². The number of carbonyl (C=O) groups excluding carboxylic acids is 1. The van der Waals surface area contributed by atoms with Gasteiger partial charge < -0.3 is 4.74 Å². The van der Waals surface area contributed by atoms with E-state index in [4.69, 9.17) is 11.2 Å². The molecule has 0 unspecified atom stereocenters. The predicted octanol–water partition coefficient (Wildman–Crippen LogP) is 5.75. The third-order valence-electron chi connectivity index (χ3n) is 4.02. The van der Waals surface area contributed by atoms with Crippen LogP contribution in [0.4, 0.5) is 0 Å². The fourth-order valence-corrected chi connectivity index (χ4v) is 2.54. The minimum absolute atomic E-state index is 0.260. The molecule has 0 aliphatic heterocycles. The fraction of sp³-hybridized carbons (Fsp3) is 0.571. The Balaban J connectivity index is 1.98. The zero-order chi connectivity index (χ0) is 16.8. The molecule has 0 heterocycles. The second-order valence-corrected chi connectivity index (χ2v) is 6.04. The molecule has 0 aliphatic carbocycles. The molecule has 0 aliphatic rings. The Hall–Kier alpha value is -1.75. The van der Waals surface area contributed by atoms with Gasteiger partial charge in [-0.05, 0) is 30.7 Å². The van der Waals surface area contributed by atoms with E-state index in [2.05, 4.69) is 12.8 Å². The van der Waals surface area contributed by atoms with Crippen molar-refractivity contribution in [1.82, 2.24) is 0 Å². The normalized spacial score (nSPS) is 10.3. The quantitative estimate of drug-likeness (QED) is 0.279. The van der Waals surface area contributed by atoms with Gasteiger partial charge in [0.1, 0.15) is 0 Å². The van der Waals surface area contributed by atoms with Crippen molar-refractivity contribution in [2.45, 2.75) is 71.1 Å². The molecule has 0 N–H and O–H groups in total. The lowest BCUT2D eigenvalue weighted by atomic mass is 10.1. The van der Waals surface area contributed by atoms with E-state index >= 15 is 0 Å². The number of hydrogen-bond acceptors (Lipinski definition) is 2. The van der Waals surface area contributed by atoms with E-state index in [9.17, 15) is 4.79 Å². The van der Waals surface area contributed by atoms with Crippen LogP contribution in [0.2, 0.25) is 0 Å². The average molecular weight is 314 g/mol. The van der Waals surface area contributed by atoms with Crippen molar-refractivity contribution < 1.29 is 9.53 Å². The first kappa shape index (κ1) is 19.3. The van der Waals surface area contributed by atoms with Crippen molar-refractivity contribution in [2.24, 2.45) is 0 Å². The van der Waals surface area contributed by atoms with E-state index in [1.165, 1.54) is 51.4 Å². The number of benzene rings is 1. The molecule has 2 heteroatoms. The molecule has 0 bridgehead atoms. The molecule has 0 atom stereocenters. The summed E-state index contributed by atoms with van der Waals surface area (Å²) in [5, 5.41) is 0. The Kier molecular flexibility index (Phi) is 10.7. The molecule has 2 nitrogen and oxygen atoms in total. The van der Waals surface area contributed by atoms with E-state index in [0.29, 0.717) is 12.2 Å². The van der Waals surface area contributed by atoms with Crippen LogP contribution in [0.15, 0.2) is 24.3 Å². The lowest BCUT2D eigenvalue weighted by molar-refractivity contribution is 0.0497. The Bertz CT molecular complexity index is 468. The first-order valence-corrected chi connectivity index (χ1v) is 9.01. The molecule has 0 saturated carbocycles. The summed E-state index contributed by atoms with van der Waals surface area (Å²) >= 11 is 0. The van der Waals surface area contributed by atoms with E-state index in [0.717, 1.165) is 18.4 Å². The maximum atomic E-state index is 11.8. The highest BCUT2D eigenvalue weighted by molar-refractivity contribution is 5.89. The van der Waals surface area contributed by atoms with E-state index < -0.39 is 0 Å². The molecule has 1 rings (SSSR count). The summed E-state index contributed by atoms with van der Waals surface area (Å²) in [6.45, 7) is 2.76. The minimum Gasteiger partial charge on any atom is -0.462 e. The molecule has 0 amide bonds. The standard InChI is InChI=1S/C21H30O2/c1-3-5-6-7-8-9-10-11-12-13-18-23-21(22)20-16-14-19(4-2)15-17-20/h2,14-17H,3,5-13,18H2,1H3. The zero-order valence-electron chi connectivity index (χ0n) is 14.5. The van der Waals surface area contributed by atoms with Crippen LogP contribution < -0.4 is 0 Å². The first-order chi connectivity index (χ1) is 11.3. The Morgan fingerprint density at radius 3 is 1.96 bits per heavy atom. The summed E-state index contributed by atoms with van der Waals surface area (Å²) in [5.74, 6) is 2.27. The number of hydrogen-bond donors (Lipinski definition) is 0. The number of esters is 1. The monoisotopic (exact) mass is 314 g/mol. The number of terminal acetylenes is 1. The van der Waals surface area contributed by atoms with Gasteiger partial charge in [-0.25, -0.2) is 4.79 Å². The lowest BCUT2D eigenvalue weighted by Gasteiger charge is -2.05. The first-order valence-electron chi connectivity index (χ1n) is 9.01. The van der Waals surface area contributed by atoms with Gasteiger partial charge in [0.15, 0.2) is 0 Å². The summed E-state index contributed by atoms with van der Waals surface area (Å²) in [5.41, 5.74) is 1.34. The molecular formula is C21H30O2. The number of rotatable bonds is 12. The predicted molar refractivity (Wildman–Crippen MR) is 96.5 cm³/mol. The largest absolute Gasteiger partial charge is 0.462 e. The Morgan fingerprint density at radius 2 is 1.43 bits per heavy atom. The summed E-state index contributed by atoms with van der Waals surface area (Å²) in [7, 11) is 0. The summed E-state index contributed by atoms with van der Waals surface area (Å²) in [4.78, 5) is 11.8. The van der Waals surface area contributed by atoms with Crippen LogP contribution in [0.25, 0.3) is 0 Å². The lowest BCUT2D eigenvalue weighted by Crippen LogP contribution is -2.06. The molecule has 1 aromatic rings. The van der Waals surface area contributed by atoms with E-state index in [1.807, 2.05) is 0 Å². The van der Waals surface area contributed by atoms with Crippen LogP contribution in [0.1, 0.15) is 87.1 Å². The third kappa shape index (κ3) is 9.08. The maximum absolute atomic E-state index is 11.8. The molecular weight excluding hydrogens is 284 g/mol. The van der Waals surface area contributed by atoms with Crippen LogP contribution >= 0.6 is 0 Å². The topological polar surface area (TPSA) is 26.3 Å². The molecule has 0 fully saturated rings. The van der Waals surface area contributed by atoms with Gasteiger partial charge in [0, 0.05) is 5.56 Å². The van der Waals surface area contributed by atoms with Gasteiger partial charge in [0.25, 0.3) is 0 Å². The van der Waals surface area contributed by atoms with Crippen molar-refractivity contribution in [3.8, 4) is 12.3 Å². The third-order valence-corrected chi connectivity index (χ3v) is 4.02. The Labute approximate surface area is 141 Å². The molecule has 23 heavy (non-hydrogen) atoms. The van der Waals surface area contributed by atoms with Crippen LogP contribution in [0.3, 0.4) is 0 Å². The zero-order valence-corrected chi connectivity index (χ0v) is 14.5. The Morgan fingerprint density at radius 1 is 0.913 bits per heavy atom. The number of unbranched alkanes of at least 4 members (excludes halogenated alkanes) is 9. The molecule has 126 valence electrons. The SMILES string of the molecule is C#Cc1ccc(C(=O)OCCCCCCCCCCCC)cc1. The van der Waals surface area contributed by atoms with Gasteiger partial charge >= 0.3 is 5.97 Å². The highest BCUT2D eigenvalue weighted by Gasteiger charge is 2.06. The fourth-order valence-electron chi connectivity index (χ4n) is 2.54. The minimum atomic E-state index is -0.260. The highest BCUT2D eigenvalue weighted by Crippen LogP contribution is 2.11. The molecule has 1 aromatic carbocycles. The molecule has 0 radical (unpaired) electrons. The van der Waals surface area contributed by atoms with Crippen LogP contribution in [0, 0.1) is 12.3 Å². The van der Waals surface area contributed by atoms with E-state index in [1.54, 1.807) is 24.3 Å². The van der Waals surface area contributed by atoms with Gasteiger partial charge in [-0.15, -0.1) is 6.42 Å². The number of ether oxygens (including phenoxy) is 1. The van der Waals surface area contributed by atoms with Crippen LogP contribution in [-0.2, 0) is 4.74 Å². The smallest absolute Gasteiger partial charge is 0.338 e. The summed E-state index contributed by atoms with van der Waals surface area (Å²) < 4.78 is 5.28. The molecule has 0 aromatic heterocycles. The van der Waals surface area contributed by atoms with Gasteiger partial charge in [-0.3, -0.25) is 0 Å². The number of carbonyl (C=O) groups is 1. The summed E-state index contributed by atoms with van der Waals surface area (Å²) in [6.07, 6.45) is 18.1. The van der Waals surface area contributed by atoms with E-state index in [-0.39, 0.29) is 5.97 Å². The van der Waals surface area contributed by atoms with Crippen molar-refractivity contribution in [3.05, 3.63) is 35.4 Å². The molecule has 0 spiro atoms. The second-order valence-electron chi connectivity index (χ2n) is 6.04. The second kappa shape index (κ2) is 12.8. The van der Waals surface area contributed by atoms with Gasteiger partial charge in [-0.1, -0.05) is 70.6 Å². The van der Waals surface area contributed by atoms with Crippen LogP contribution in [-0.4, -0.2) is 12.6 Å². The molecule has 0 saturated heterocycles. The maximum Gasteiger partial charge on any atom is 0.338 e. The summed E-state index contributed by atoms with van der Waals surface area (Å²) in [6, 6.07) is 6.96. The van der Waals surface area contributed by atoms with Crippen LogP contribution in [0.5, 0.6) is 0 Å². The van der Waals surface area contributed by atoms with Crippen molar-refractivity contribution in [2.75, 3.05) is 6.61 Å². The van der Waals surface area contributed by atoms with Crippen molar-refractivity contribution >= 4 is 5.97 Å².